The maximum Gasteiger partial charge on any atom is 0.338 e. The van der Waals surface area contributed by atoms with Gasteiger partial charge in [0.2, 0.25) is 0 Å². The number of aryl methyl sites for hydroxylation is 2. The molecule has 35 heavy (non-hydrogen) atoms. The van der Waals surface area contributed by atoms with Gasteiger partial charge in [0.25, 0.3) is 10.0 Å². The average molecular weight is 493 g/mol. The highest BCUT2D eigenvalue weighted by atomic mass is 32.2. The molecule has 11 heteroatoms. The van der Waals surface area contributed by atoms with Crippen molar-refractivity contribution in [3.8, 4) is 0 Å². The Morgan fingerprint density at radius 3 is 2.83 bits per heavy atom. The molecule has 1 aliphatic heterocycles. The highest BCUT2D eigenvalue weighted by molar-refractivity contribution is 7.92. The summed E-state index contributed by atoms with van der Waals surface area (Å²) in [4.78, 5) is 25.0. The second-order valence-electron chi connectivity index (χ2n) is 8.20. The fourth-order valence-corrected chi connectivity index (χ4v) is 5.79. The van der Waals surface area contributed by atoms with E-state index in [1.807, 2.05) is 28.8 Å². The monoisotopic (exact) mass is 492 g/mol. The van der Waals surface area contributed by atoms with Crippen LogP contribution < -0.4 is 10.0 Å². The van der Waals surface area contributed by atoms with Crippen LogP contribution in [0.25, 0.3) is 11.2 Å². The number of benzene rings is 2. The Labute approximate surface area is 202 Å². The van der Waals surface area contributed by atoms with Crippen LogP contribution in [0.4, 0.5) is 11.5 Å². The first-order valence-electron chi connectivity index (χ1n) is 11.2. The second kappa shape index (κ2) is 9.34. The number of hydrogen-bond acceptors (Lipinski definition) is 8. The van der Waals surface area contributed by atoms with Gasteiger partial charge < -0.3 is 15.0 Å². The number of ether oxygens (including phenoxy) is 1. The number of carbonyl (C=O) groups excluding carboxylic acids is 1. The second-order valence-corrected chi connectivity index (χ2v) is 10.1. The number of rotatable bonds is 7. The fraction of sp³-hybridized carbons (Fsp3) is 0.250. The van der Waals surface area contributed by atoms with Crippen LogP contribution in [0.2, 0.25) is 0 Å². The summed E-state index contributed by atoms with van der Waals surface area (Å²) in [5, 5.41) is 0. The van der Waals surface area contributed by atoms with E-state index < -0.39 is 16.0 Å². The summed E-state index contributed by atoms with van der Waals surface area (Å²) in [5.41, 5.74) is 8.81. The molecule has 2 aromatic heterocycles. The van der Waals surface area contributed by atoms with Gasteiger partial charge in [0.05, 0.1) is 29.1 Å². The Bertz CT molecular complexity index is 1500. The van der Waals surface area contributed by atoms with Crippen molar-refractivity contribution < 1.29 is 17.9 Å². The molecule has 4 aromatic rings. The Kier molecular flexibility index (Phi) is 6.08. The molecule has 2 N–H and O–H groups in total. The molecule has 0 aliphatic carbocycles. The number of hydrogen-bond donors (Lipinski definition) is 1. The number of carbonyl (C=O) groups is 1. The van der Waals surface area contributed by atoms with E-state index in [-0.39, 0.29) is 17.1 Å². The van der Waals surface area contributed by atoms with E-state index in [0.29, 0.717) is 42.2 Å². The summed E-state index contributed by atoms with van der Waals surface area (Å²) < 4.78 is 35.4. The van der Waals surface area contributed by atoms with E-state index >= 15 is 0 Å². The molecule has 0 fully saturated rings. The highest BCUT2D eigenvalue weighted by Crippen LogP contribution is 2.32. The number of nitrogens with zero attached hydrogens (tertiary/aromatic N) is 5. The molecule has 3 heterocycles. The van der Waals surface area contributed by atoms with Crippen molar-refractivity contribution in [2.45, 2.75) is 30.7 Å². The predicted octanol–water partition coefficient (Wildman–Crippen LogP) is 2.80. The number of anilines is 2. The largest absolute Gasteiger partial charge is 0.462 e. The van der Waals surface area contributed by atoms with Gasteiger partial charge in [-0.3, -0.25) is 4.31 Å². The predicted molar refractivity (Wildman–Crippen MR) is 130 cm³/mol. The zero-order valence-electron chi connectivity index (χ0n) is 18.9. The van der Waals surface area contributed by atoms with E-state index in [0.717, 1.165) is 18.4 Å². The molecular formula is C24H24N6O4S. The van der Waals surface area contributed by atoms with E-state index in [1.165, 1.54) is 22.8 Å². The molecule has 0 spiro atoms. The van der Waals surface area contributed by atoms with Crippen LogP contribution in [0, 0.1) is 0 Å². The van der Waals surface area contributed by atoms with Gasteiger partial charge in [0.15, 0.2) is 11.5 Å². The number of para-hydroxylation sites is 1. The van der Waals surface area contributed by atoms with Crippen molar-refractivity contribution in [2.24, 2.45) is 0 Å². The first-order valence-corrected chi connectivity index (χ1v) is 12.7. The van der Waals surface area contributed by atoms with Crippen LogP contribution >= 0.6 is 0 Å². The maximum absolute atomic E-state index is 13.4. The third-order valence-electron chi connectivity index (χ3n) is 5.93. The van der Waals surface area contributed by atoms with Crippen LogP contribution in [0.15, 0.2) is 66.1 Å². The number of imidazole rings is 1. The number of nitrogens with two attached hydrogens (primary N) is 1. The molecule has 0 saturated carbocycles. The molecule has 0 unspecified atom stereocenters. The molecular weight excluding hydrogens is 468 g/mol. The molecule has 5 rings (SSSR count). The van der Waals surface area contributed by atoms with E-state index in [9.17, 15) is 13.2 Å². The third kappa shape index (κ3) is 4.42. The first-order chi connectivity index (χ1) is 16.9. The molecule has 10 nitrogen and oxygen atoms in total. The number of fused-ring (bicyclic) bond motifs is 2. The van der Waals surface area contributed by atoms with Crippen molar-refractivity contribution in [2.75, 3.05) is 23.2 Å². The van der Waals surface area contributed by atoms with E-state index in [2.05, 4.69) is 15.0 Å². The van der Waals surface area contributed by atoms with Crippen LogP contribution in [-0.2, 0) is 27.7 Å². The van der Waals surface area contributed by atoms with Crippen LogP contribution in [-0.4, -0.2) is 47.1 Å². The summed E-state index contributed by atoms with van der Waals surface area (Å²) in [6, 6.07) is 13.5. The Morgan fingerprint density at radius 1 is 1.09 bits per heavy atom. The summed E-state index contributed by atoms with van der Waals surface area (Å²) in [5.74, 6) is -0.272. The number of aromatic nitrogens is 4. The first kappa shape index (κ1) is 22.8. The average Bonchev–Trinajstić information content (AvgIpc) is 3.30. The lowest BCUT2D eigenvalue weighted by atomic mass is 10.0. The van der Waals surface area contributed by atoms with Gasteiger partial charge in [0.1, 0.15) is 11.8 Å². The highest BCUT2D eigenvalue weighted by Gasteiger charge is 2.29. The van der Waals surface area contributed by atoms with Gasteiger partial charge in [-0.05, 0) is 49.1 Å². The van der Waals surface area contributed by atoms with Crippen molar-refractivity contribution in [3.05, 3.63) is 72.3 Å². The molecule has 2 aromatic carbocycles. The Hall–Kier alpha value is -3.99. The van der Waals surface area contributed by atoms with Crippen LogP contribution in [0.1, 0.15) is 28.8 Å². The van der Waals surface area contributed by atoms with Gasteiger partial charge >= 0.3 is 5.97 Å². The SMILES string of the molecule is Nc1ncnc2c1ncn2CCCOC(=O)c1cccc(S(=O)(=O)N2CCCc3ccccc32)c1. The molecule has 180 valence electrons. The minimum absolute atomic E-state index is 0.0609. The fourth-order valence-electron chi connectivity index (χ4n) is 4.21. The summed E-state index contributed by atoms with van der Waals surface area (Å²) in [6.45, 7) is 1.06. The van der Waals surface area contributed by atoms with Crippen molar-refractivity contribution in [3.63, 3.8) is 0 Å². The lowest BCUT2D eigenvalue weighted by Crippen LogP contribution is -2.35. The van der Waals surface area contributed by atoms with Crippen molar-refractivity contribution >= 4 is 38.7 Å². The molecule has 0 radical (unpaired) electrons. The van der Waals surface area contributed by atoms with Gasteiger partial charge in [-0.1, -0.05) is 24.3 Å². The van der Waals surface area contributed by atoms with Crippen LogP contribution in [0.5, 0.6) is 0 Å². The lowest BCUT2D eigenvalue weighted by molar-refractivity contribution is 0.0496. The van der Waals surface area contributed by atoms with E-state index in [1.54, 1.807) is 18.5 Å². The zero-order chi connectivity index (χ0) is 24.4. The molecule has 0 bridgehead atoms. The minimum Gasteiger partial charge on any atom is -0.462 e. The summed E-state index contributed by atoms with van der Waals surface area (Å²) in [7, 11) is -3.82. The number of sulfonamides is 1. The lowest BCUT2D eigenvalue weighted by Gasteiger charge is -2.30. The topological polar surface area (TPSA) is 133 Å². The molecule has 1 aliphatic rings. The smallest absolute Gasteiger partial charge is 0.338 e. The van der Waals surface area contributed by atoms with Crippen molar-refractivity contribution in [1.29, 1.82) is 0 Å². The Morgan fingerprint density at radius 2 is 1.94 bits per heavy atom. The Balaban J connectivity index is 1.25. The maximum atomic E-state index is 13.4. The molecule has 0 saturated heterocycles. The van der Waals surface area contributed by atoms with E-state index in [4.69, 9.17) is 10.5 Å². The van der Waals surface area contributed by atoms with Crippen LogP contribution in [0.3, 0.4) is 0 Å². The number of nitrogen functional groups attached to an aromatic ring is 1. The standard InChI is InChI=1S/C24H24N6O4S/c25-22-21-23(27-15-26-22)29(16-28-21)11-5-13-34-24(31)18-7-3-9-19(14-18)35(32,33)30-12-4-8-17-6-1-2-10-20(17)30/h1-3,6-7,9-10,14-16H,4-5,8,11-13H2,(H2,25,26,27). The van der Waals surface area contributed by atoms with Gasteiger partial charge in [-0.15, -0.1) is 0 Å². The van der Waals surface area contributed by atoms with Gasteiger partial charge in [-0.25, -0.2) is 28.2 Å². The number of esters is 1. The van der Waals surface area contributed by atoms with Gasteiger partial charge in [-0.2, -0.15) is 0 Å². The molecule has 0 amide bonds. The molecule has 0 atom stereocenters. The zero-order valence-corrected chi connectivity index (χ0v) is 19.7. The normalized spacial score (nSPS) is 13.5. The summed E-state index contributed by atoms with van der Waals surface area (Å²) in [6.07, 6.45) is 5.08. The quantitative estimate of drug-likeness (QED) is 0.308. The third-order valence-corrected chi connectivity index (χ3v) is 7.74. The van der Waals surface area contributed by atoms with Gasteiger partial charge in [0, 0.05) is 13.1 Å². The van der Waals surface area contributed by atoms with Crippen molar-refractivity contribution in [1.82, 2.24) is 19.5 Å². The minimum atomic E-state index is -3.82. The summed E-state index contributed by atoms with van der Waals surface area (Å²) >= 11 is 0.